The molecule has 2 aliphatic heterocycles. The average Bonchev–Trinajstić information content (AvgIpc) is 3.17. The SMILES string of the molecule is O=C1CSc2ccc(C(=O)N3CCC[C@@H](c4nc5ccccc5[nH]4)C3)cc2N1. The highest BCUT2D eigenvalue weighted by molar-refractivity contribution is 8.00. The molecule has 0 saturated carbocycles. The highest BCUT2D eigenvalue weighted by atomic mass is 32.2. The van der Waals surface area contributed by atoms with Crippen molar-refractivity contribution in [1.29, 1.82) is 0 Å². The van der Waals surface area contributed by atoms with E-state index in [9.17, 15) is 9.59 Å². The summed E-state index contributed by atoms with van der Waals surface area (Å²) in [5.74, 6) is 1.57. The highest BCUT2D eigenvalue weighted by Crippen LogP contribution is 2.33. The Morgan fingerprint density at radius 2 is 2.11 bits per heavy atom. The third-order valence-electron chi connectivity index (χ3n) is 5.36. The van der Waals surface area contributed by atoms with E-state index in [4.69, 9.17) is 4.98 Å². The fraction of sp³-hybridized carbons (Fsp3) is 0.286. The van der Waals surface area contributed by atoms with Gasteiger partial charge < -0.3 is 15.2 Å². The van der Waals surface area contributed by atoms with E-state index in [1.54, 1.807) is 6.07 Å². The van der Waals surface area contributed by atoms with Crippen LogP contribution in [0.25, 0.3) is 11.0 Å². The van der Waals surface area contributed by atoms with Gasteiger partial charge in [-0.2, -0.15) is 0 Å². The molecule has 0 aliphatic carbocycles. The summed E-state index contributed by atoms with van der Waals surface area (Å²) in [6.45, 7) is 1.39. The molecule has 5 rings (SSSR count). The first-order chi connectivity index (χ1) is 13.7. The smallest absolute Gasteiger partial charge is 0.253 e. The lowest BCUT2D eigenvalue weighted by atomic mass is 9.96. The van der Waals surface area contributed by atoms with Crippen LogP contribution in [0.5, 0.6) is 0 Å². The molecule has 6 nitrogen and oxygen atoms in total. The van der Waals surface area contributed by atoms with E-state index in [2.05, 4.69) is 10.3 Å². The van der Waals surface area contributed by atoms with Gasteiger partial charge in [-0.05, 0) is 43.2 Å². The molecule has 1 atom stereocenters. The lowest BCUT2D eigenvalue weighted by Crippen LogP contribution is -2.39. The molecule has 0 spiro atoms. The number of nitrogens with one attached hydrogen (secondary N) is 2. The van der Waals surface area contributed by atoms with E-state index in [-0.39, 0.29) is 17.7 Å². The maximum Gasteiger partial charge on any atom is 0.253 e. The monoisotopic (exact) mass is 392 g/mol. The molecule has 1 saturated heterocycles. The van der Waals surface area contributed by atoms with Gasteiger partial charge in [0.2, 0.25) is 5.91 Å². The minimum atomic E-state index is -0.0231. The number of piperidine rings is 1. The first kappa shape index (κ1) is 17.3. The van der Waals surface area contributed by atoms with Crippen molar-refractivity contribution in [2.24, 2.45) is 0 Å². The van der Waals surface area contributed by atoms with Crippen LogP contribution in [0.15, 0.2) is 47.4 Å². The van der Waals surface area contributed by atoms with Crippen LogP contribution in [0.2, 0.25) is 0 Å². The van der Waals surface area contributed by atoms with Crippen LogP contribution in [0.3, 0.4) is 0 Å². The van der Waals surface area contributed by atoms with Crippen molar-refractivity contribution < 1.29 is 9.59 Å². The van der Waals surface area contributed by atoms with Crippen LogP contribution in [-0.2, 0) is 4.79 Å². The molecule has 0 radical (unpaired) electrons. The number of H-pyrrole nitrogens is 1. The second-order valence-electron chi connectivity index (χ2n) is 7.28. The maximum absolute atomic E-state index is 13.1. The molecule has 2 aliphatic rings. The zero-order valence-electron chi connectivity index (χ0n) is 15.3. The molecule has 3 aromatic rings. The van der Waals surface area contributed by atoms with Gasteiger partial charge in [-0.25, -0.2) is 4.98 Å². The van der Waals surface area contributed by atoms with Crippen molar-refractivity contribution in [3.63, 3.8) is 0 Å². The Labute approximate surface area is 166 Å². The van der Waals surface area contributed by atoms with E-state index in [0.29, 0.717) is 17.9 Å². The van der Waals surface area contributed by atoms with Gasteiger partial charge in [0.1, 0.15) is 5.82 Å². The highest BCUT2D eigenvalue weighted by Gasteiger charge is 2.28. The zero-order chi connectivity index (χ0) is 19.1. The summed E-state index contributed by atoms with van der Waals surface area (Å²) < 4.78 is 0. The first-order valence-corrected chi connectivity index (χ1v) is 10.5. The molecule has 2 aromatic carbocycles. The van der Waals surface area contributed by atoms with E-state index in [1.165, 1.54) is 11.8 Å². The summed E-state index contributed by atoms with van der Waals surface area (Å²) in [5, 5.41) is 2.86. The number of thioether (sulfide) groups is 1. The summed E-state index contributed by atoms with van der Waals surface area (Å²) in [7, 11) is 0. The van der Waals surface area contributed by atoms with Crippen LogP contribution in [0.1, 0.15) is 34.9 Å². The Morgan fingerprint density at radius 1 is 1.21 bits per heavy atom. The zero-order valence-corrected chi connectivity index (χ0v) is 16.1. The number of fused-ring (bicyclic) bond motifs is 2. The van der Waals surface area contributed by atoms with Gasteiger partial charge in [0.25, 0.3) is 5.91 Å². The standard InChI is InChI=1S/C21H20N4O2S/c26-19-12-28-18-8-7-13(10-17(18)22-19)21(27)25-9-3-4-14(11-25)20-23-15-5-1-2-6-16(15)24-20/h1-2,5-8,10,14H,3-4,9,11-12H2,(H,22,26)(H,23,24)/t14-/m1/s1. The molecular weight excluding hydrogens is 372 g/mol. The number of benzene rings is 2. The predicted octanol–water partition coefficient (Wildman–Crippen LogP) is 3.63. The third kappa shape index (κ3) is 3.16. The van der Waals surface area contributed by atoms with Crippen molar-refractivity contribution in [2.75, 3.05) is 24.2 Å². The summed E-state index contributed by atoms with van der Waals surface area (Å²) in [6, 6.07) is 13.6. The number of rotatable bonds is 2. The topological polar surface area (TPSA) is 78.1 Å². The number of para-hydroxylation sites is 2. The largest absolute Gasteiger partial charge is 0.342 e. The molecule has 0 bridgehead atoms. The second kappa shape index (κ2) is 6.98. The molecule has 7 heteroatoms. The molecule has 2 N–H and O–H groups in total. The molecule has 28 heavy (non-hydrogen) atoms. The average molecular weight is 392 g/mol. The van der Waals surface area contributed by atoms with Gasteiger partial charge in [0.05, 0.1) is 22.5 Å². The quantitative estimate of drug-likeness (QED) is 0.698. The number of nitrogens with zero attached hydrogens (tertiary/aromatic N) is 2. The lowest BCUT2D eigenvalue weighted by Gasteiger charge is -2.32. The lowest BCUT2D eigenvalue weighted by molar-refractivity contribution is -0.113. The number of amides is 2. The van der Waals surface area contributed by atoms with Crippen molar-refractivity contribution >= 4 is 40.3 Å². The van der Waals surface area contributed by atoms with Crippen LogP contribution >= 0.6 is 11.8 Å². The second-order valence-corrected chi connectivity index (χ2v) is 8.29. The first-order valence-electron chi connectivity index (χ1n) is 9.48. The number of hydrogen-bond donors (Lipinski definition) is 2. The van der Waals surface area contributed by atoms with Gasteiger partial charge in [0.15, 0.2) is 0 Å². The summed E-state index contributed by atoms with van der Waals surface area (Å²) in [6.07, 6.45) is 1.96. The van der Waals surface area contributed by atoms with Crippen molar-refractivity contribution in [3.8, 4) is 0 Å². The fourth-order valence-electron chi connectivity index (χ4n) is 3.95. The number of aromatic nitrogens is 2. The van der Waals surface area contributed by atoms with Crippen LogP contribution in [0, 0.1) is 0 Å². The van der Waals surface area contributed by atoms with E-state index in [1.807, 2.05) is 41.3 Å². The van der Waals surface area contributed by atoms with Gasteiger partial charge in [0, 0.05) is 29.5 Å². The molecule has 1 fully saturated rings. The molecule has 3 heterocycles. The number of anilines is 1. The van der Waals surface area contributed by atoms with Crippen molar-refractivity contribution in [3.05, 3.63) is 53.9 Å². The van der Waals surface area contributed by atoms with E-state index in [0.717, 1.165) is 46.8 Å². The molecule has 142 valence electrons. The number of imidazole rings is 1. The number of likely N-dealkylation sites (tertiary alicyclic amines) is 1. The Kier molecular flexibility index (Phi) is 4.31. The van der Waals surface area contributed by atoms with E-state index >= 15 is 0 Å². The molecule has 1 aromatic heterocycles. The minimum absolute atomic E-state index is 0.00781. The van der Waals surface area contributed by atoms with E-state index < -0.39 is 0 Å². The van der Waals surface area contributed by atoms with Gasteiger partial charge >= 0.3 is 0 Å². The maximum atomic E-state index is 13.1. The van der Waals surface area contributed by atoms with Gasteiger partial charge in [-0.3, -0.25) is 9.59 Å². The number of carbonyl (C=O) groups is 2. The van der Waals surface area contributed by atoms with Crippen LogP contribution in [0.4, 0.5) is 5.69 Å². The predicted molar refractivity (Wildman–Crippen MR) is 110 cm³/mol. The fourth-order valence-corrected chi connectivity index (χ4v) is 4.74. The van der Waals surface area contributed by atoms with Crippen LogP contribution in [-0.4, -0.2) is 45.5 Å². The van der Waals surface area contributed by atoms with Crippen molar-refractivity contribution in [2.45, 2.75) is 23.7 Å². The number of aromatic amines is 1. The third-order valence-corrected chi connectivity index (χ3v) is 6.44. The normalized spacial score (nSPS) is 19.4. The Morgan fingerprint density at radius 3 is 3.00 bits per heavy atom. The Bertz CT molecular complexity index is 1040. The number of hydrogen-bond acceptors (Lipinski definition) is 4. The van der Waals surface area contributed by atoms with Crippen molar-refractivity contribution in [1.82, 2.24) is 14.9 Å². The number of carbonyl (C=O) groups excluding carboxylic acids is 2. The minimum Gasteiger partial charge on any atom is -0.342 e. The molecule has 0 unspecified atom stereocenters. The summed E-state index contributed by atoms with van der Waals surface area (Å²) in [4.78, 5) is 35.8. The summed E-state index contributed by atoms with van der Waals surface area (Å²) in [5.41, 5.74) is 3.34. The Hall–Kier alpha value is -2.80. The summed E-state index contributed by atoms with van der Waals surface area (Å²) >= 11 is 1.50. The van der Waals surface area contributed by atoms with Gasteiger partial charge in [-0.1, -0.05) is 12.1 Å². The van der Waals surface area contributed by atoms with Crippen LogP contribution < -0.4 is 5.32 Å². The molecular formula is C21H20N4O2S. The molecule has 2 amide bonds. The van der Waals surface area contributed by atoms with Gasteiger partial charge in [-0.15, -0.1) is 11.8 Å². The Balaban J connectivity index is 1.36.